The summed E-state index contributed by atoms with van der Waals surface area (Å²) in [5.41, 5.74) is -0.0975. The lowest BCUT2D eigenvalue weighted by atomic mass is 9.85. The van der Waals surface area contributed by atoms with E-state index in [1.807, 2.05) is 44.2 Å². The molecule has 3 amide bonds. The SMILES string of the molecule is CC(C)C1(CNC(=O)c2cnn(-c3ccccc3)n2)NC(=O)NC1O. The molecule has 2 aromatic rings. The van der Waals surface area contributed by atoms with Crippen LogP contribution in [-0.2, 0) is 0 Å². The lowest BCUT2D eigenvalue weighted by Crippen LogP contribution is -2.60. The number of rotatable bonds is 5. The topological polar surface area (TPSA) is 121 Å². The maximum absolute atomic E-state index is 12.4. The van der Waals surface area contributed by atoms with Gasteiger partial charge in [0.15, 0.2) is 11.9 Å². The Kier molecular flexibility index (Phi) is 4.41. The van der Waals surface area contributed by atoms with Gasteiger partial charge in [0.1, 0.15) is 5.54 Å². The van der Waals surface area contributed by atoms with E-state index in [2.05, 4.69) is 26.1 Å². The quantitative estimate of drug-likeness (QED) is 0.609. The van der Waals surface area contributed by atoms with Gasteiger partial charge in [-0.05, 0) is 18.1 Å². The van der Waals surface area contributed by atoms with Gasteiger partial charge in [0, 0.05) is 6.54 Å². The van der Waals surface area contributed by atoms with Crippen LogP contribution in [0.15, 0.2) is 36.5 Å². The van der Waals surface area contributed by atoms with Gasteiger partial charge in [-0.2, -0.15) is 9.90 Å². The highest BCUT2D eigenvalue weighted by Gasteiger charge is 2.48. The third-order valence-electron chi connectivity index (χ3n) is 4.39. The number of amides is 3. The molecule has 3 rings (SSSR count). The van der Waals surface area contributed by atoms with Crippen LogP contribution >= 0.6 is 0 Å². The normalized spacial score (nSPS) is 22.6. The molecule has 1 fully saturated rings. The van der Waals surface area contributed by atoms with Crippen LogP contribution in [-0.4, -0.2) is 50.4 Å². The Bertz CT molecular complexity index is 775. The van der Waals surface area contributed by atoms with Gasteiger partial charge in [0.05, 0.1) is 11.9 Å². The van der Waals surface area contributed by atoms with E-state index in [4.69, 9.17) is 0 Å². The fourth-order valence-electron chi connectivity index (χ4n) is 2.74. The molecule has 2 atom stereocenters. The third-order valence-corrected chi connectivity index (χ3v) is 4.39. The number of hydrogen-bond acceptors (Lipinski definition) is 5. The fourth-order valence-corrected chi connectivity index (χ4v) is 2.74. The molecule has 0 spiro atoms. The summed E-state index contributed by atoms with van der Waals surface area (Å²) in [6, 6.07) is 8.76. The van der Waals surface area contributed by atoms with E-state index in [9.17, 15) is 14.7 Å². The molecular formula is C16H20N6O3. The van der Waals surface area contributed by atoms with Crippen LogP contribution in [0.2, 0.25) is 0 Å². The number of aliphatic hydroxyl groups is 1. The summed E-state index contributed by atoms with van der Waals surface area (Å²) in [4.78, 5) is 25.2. The van der Waals surface area contributed by atoms with Gasteiger partial charge in [-0.15, -0.1) is 5.10 Å². The molecule has 2 unspecified atom stereocenters. The summed E-state index contributed by atoms with van der Waals surface area (Å²) in [6.07, 6.45) is 0.270. The van der Waals surface area contributed by atoms with Crippen LogP contribution in [0.4, 0.5) is 4.79 Å². The number of urea groups is 1. The van der Waals surface area contributed by atoms with Crippen molar-refractivity contribution in [1.29, 1.82) is 0 Å². The van der Waals surface area contributed by atoms with Gasteiger partial charge < -0.3 is 21.1 Å². The molecule has 9 nitrogen and oxygen atoms in total. The number of benzene rings is 1. The van der Waals surface area contributed by atoms with Crippen molar-refractivity contribution < 1.29 is 14.7 Å². The average molecular weight is 344 g/mol. The van der Waals surface area contributed by atoms with Crippen LogP contribution < -0.4 is 16.0 Å². The number of hydrogen-bond donors (Lipinski definition) is 4. The van der Waals surface area contributed by atoms with Gasteiger partial charge in [0.2, 0.25) is 0 Å². The molecule has 0 radical (unpaired) electrons. The molecule has 1 saturated heterocycles. The Labute approximate surface area is 144 Å². The van der Waals surface area contributed by atoms with Crippen LogP contribution in [0.3, 0.4) is 0 Å². The lowest BCUT2D eigenvalue weighted by Gasteiger charge is -2.35. The zero-order valence-corrected chi connectivity index (χ0v) is 13.9. The van der Waals surface area contributed by atoms with Gasteiger partial charge >= 0.3 is 6.03 Å². The van der Waals surface area contributed by atoms with Gasteiger partial charge in [-0.25, -0.2) is 4.79 Å². The lowest BCUT2D eigenvalue weighted by molar-refractivity contribution is 0.0503. The molecule has 1 aliphatic heterocycles. The first-order chi connectivity index (χ1) is 11.9. The van der Waals surface area contributed by atoms with E-state index in [0.29, 0.717) is 0 Å². The van der Waals surface area contributed by atoms with Gasteiger partial charge in [0.25, 0.3) is 5.91 Å². The van der Waals surface area contributed by atoms with Crippen molar-refractivity contribution in [3.8, 4) is 5.69 Å². The summed E-state index contributed by atoms with van der Waals surface area (Å²) in [7, 11) is 0. The highest BCUT2D eigenvalue weighted by atomic mass is 16.3. The highest BCUT2D eigenvalue weighted by molar-refractivity contribution is 5.92. The summed E-state index contributed by atoms with van der Waals surface area (Å²) < 4.78 is 0. The van der Waals surface area contributed by atoms with E-state index >= 15 is 0 Å². The second kappa shape index (κ2) is 6.52. The summed E-state index contributed by atoms with van der Waals surface area (Å²) in [5, 5.41) is 26.2. The third kappa shape index (κ3) is 3.18. The molecular weight excluding hydrogens is 324 g/mol. The van der Waals surface area contributed by atoms with Crippen molar-refractivity contribution in [3.63, 3.8) is 0 Å². The van der Waals surface area contributed by atoms with Crippen LogP contribution in [0.5, 0.6) is 0 Å². The zero-order chi connectivity index (χ0) is 18.0. The molecule has 25 heavy (non-hydrogen) atoms. The van der Waals surface area contributed by atoms with Crippen molar-refractivity contribution in [2.75, 3.05) is 6.54 Å². The number of nitrogens with zero attached hydrogens (tertiary/aromatic N) is 3. The Morgan fingerprint density at radius 3 is 2.72 bits per heavy atom. The molecule has 2 heterocycles. The van der Waals surface area contributed by atoms with E-state index in [1.165, 1.54) is 11.0 Å². The maximum atomic E-state index is 12.4. The second-order valence-electron chi connectivity index (χ2n) is 6.23. The average Bonchev–Trinajstić information content (AvgIpc) is 3.19. The largest absolute Gasteiger partial charge is 0.371 e. The smallest absolute Gasteiger partial charge is 0.317 e. The number of aromatic nitrogens is 3. The van der Waals surface area contributed by atoms with Crippen LogP contribution in [0, 0.1) is 5.92 Å². The molecule has 9 heteroatoms. The first-order valence-corrected chi connectivity index (χ1v) is 7.95. The molecule has 1 aromatic carbocycles. The predicted molar refractivity (Wildman–Crippen MR) is 88.9 cm³/mol. The minimum atomic E-state index is -1.10. The number of nitrogens with one attached hydrogen (secondary N) is 3. The van der Waals surface area contributed by atoms with E-state index in [0.717, 1.165) is 5.69 Å². The van der Waals surface area contributed by atoms with Crippen molar-refractivity contribution >= 4 is 11.9 Å². The molecule has 0 aliphatic carbocycles. The molecule has 0 saturated carbocycles. The monoisotopic (exact) mass is 344 g/mol. The molecule has 4 N–H and O–H groups in total. The first-order valence-electron chi connectivity index (χ1n) is 7.95. The van der Waals surface area contributed by atoms with Gasteiger partial charge in [-0.3, -0.25) is 4.79 Å². The molecule has 132 valence electrons. The van der Waals surface area contributed by atoms with E-state index in [-0.39, 0.29) is 18.2 Å². The van der Waals surface area contributed by atoms with Crippen molar-refractivity contribution in [3.05, 3.63) is 42.2 Å². The molecule has 0 bridgehead atoms. The van der Waals surface area contributed by atoms with E-state index in [1.54, 1.807) is 0 Å². The van der Waals surface area contributed by atoms with Crippen molar-refractivity contribution in [2.45, 2.75) is 25.6 Å². The number of para-hydroxylation sites is 1. The second-order valence-corrected chi connectivity index (χ2v) is 6.23. The number of aliphatic hydroxyl groups excluding tert-OH is 1. The Hall–Kier alpha value is -2.94. The Balaban J connectivity index is 1.70. The summed E-state index contributed by atoms with van der Waals surface area (Å²) in [5.74, 6) is -0.544. The zero-order valence-electron chi connectivity index (χ0n) is 13.9. The molecule has 1 aliphatic rings. The Morgan fingerprint density at radius 2 is 2.12 bits per heavy atom. The van der Waals surface area contributed by atoms with Crippen molar-refractivity contribution in [1.82, 2.24) is 30.9 Å². The first kappa shape index (κ1) is 16.9. The summed E-state index contributed by atoms with van der Waals surface area (Å²) in [6.45, 7) is 3.77. The minimum Gasteiger partial charge on any atom is -0.371 e. The van der Waals surface area contributed by atoms with Crippen molar-refractivity contribution in [2.24, 2.45) is 5.92 Å². The fraction of sp³-hybridized carbons (Fsp3) is 0.375. The Morgan fingerprint density at radius 1 is 1.40 bits per heavy atom. The number of carbonyl (C=O) groups excluding carboxylic acids is 2. The number of carbonyl (C=O) groups is 2. The standard InChI is InChI=1S/C16H20N6O3/c1-10(2)16(14(24)19-15(25)20-16)9-17-13(23)12-8-18-22(21-12)11-6-4-3-5-7-11/h3-8,10,14,24H,9H2,1-2H3,(H,17,23)(H2,19,20,25). The van der Waals surface area contributed by atoms with Crippen LogP contribution in [0.1, 0.15) is 24.3 Å². The summed E-state index contributed by atoms with van der Waals surface area (Å²) >= 11 is 0. The maximum Gasteiger partial charge on any atom is 0.317 e. The van der Waals surface area contributed by atoms with E-state index < -0.39 is 23.7 Å². The van der Waals surface area contributed by atoms with Crippen LogP contribution in [0.25, 0.3) is 5.69 Å². The predicted octanol–water partition coefficient (Wildman–Crippen LogP) is 0.0231. The minimum absolute atomic E-state index is 0.0571. The van der Waals surface area contributed by atoms with Gasteiger partial charge in [-0.1, -0.05) is 32.0 Å². The molecule has 1 aromatic heterocycles. The highest BCUT2D eigenvalue weighted by Crippen LogP contribution is 2.23.